The minimum Gasteiger partial charge on any atom is -0.293 e. The molecule has 0 saturated heterocycles. The molecule has 2 aromatic carbocycles. The number of carbonyl (C=O) groups excluding carboxylic acids is 1. The van der Waals surface area contributed by atoms with E-state index < -0.39 is 0 Å². The second-order valence-electron chi connectivity index (χ2n) is 8.73. The summed E-state index contributed by atoms with van der Waals surface area (Å²) in [6.45, 7) is 2.20. The van der Waals surface area contributed by atoms with Gasteiger partial charge in [-0.3, -0.25) is 9.59 Å². The maximum atomic E-state index is 13.9. The van der Waals surface area contributed by atoms with Crippen molar-refractivity contribution in [3.05, 3.63) is 86.0 Å². The van der Waals surface area contributed by atoms with Crippen molar-refractivity contribution >= 4 is 56.5 Å². The van der Waals surface area contributed by atoms with Gasteiger partial charge < -0.3 is 0 Å². The second-order valence-corrected chi connectivity index (χ2v) is 11.2. The molecule has 0 radical (unpaired) electrons. The van der Waals surface area contributed by atoms with Crippen LogP contribution in [0.3, 0.4) is 0 Å². The number of carbonyl (C=O) groups is 1. The van der Waals surface area contributed by atoms with Crippen LogP contribution in [-0.2, 0) is 6.42 Å². The summed E-state index contributed by atoms with van der Waals surface area (Å²) in [7, 11) is 0. The average Bonchev–Trinajstić information content (AvgIpc) is 3.46. The van der Waals surface area contributed by atoms with Crippen molar-refractivity contribution in [1.29, 1.82) is 0 Å². The lowest BCUT2D eigenvalue weighted by Crippen LogP contribution is -2.22. The van der Waals surface area contributed by atoms with Gasteiger partial charge in [-0.2, -0.15) is 0 Å². The lowest BCUT2D eigenvalue weighted by atomic mass is 9.88. The smallest absolute Gasteiger partial charge is 0.268 e. The molecular formula is C26H21ClN4O2S2. The highest BCUT2D eigenvalue weighted by atomic mass is 35.5. The number of benzene rings is 2. The van der Waals surface area contributed by atoms with E-state index in [1.807, 2.05) is 34.7 Å². The molecule has 0 N–H and O–H groups in total. The number of hydrogen-bond donors (Lipinski definition) is 0. The lowest BCUT2D eigenvalue weighted by molar-refractivity contribution is 0.102. The Labute approximate surface area is 214 Å². The zero-order valence-corrected chi connectivity index (χ0v) is 21.3. The molecule has 1 aliphatic carbocycles. The fraction of sp³-hybridized carbons (Fsp3) is 0.231. The Balaban J connectivity index is 1.53. The molecule has 0 unspecified atom stereocenters. The van der Waals surface area contributed by atoms with E-state index in [0.29, 0.717) is 27.4 Å². The minimum absolute atomic E-state index is 0.0184. The molecule has 5 aromatic rings. The Morgan fingerprint density at radius 1 is 1.14 bits per heavy atom. The molecule has 0 fully saturated rings. The third-order valence-electron chi connectivity index (χ3n) is 6.49. The van der Waals surface area contributed by atoms with E-state index in [1.54, 1.807) is 40.2 Å². The highest BCUT2D eigenvalue weighted by molar-refractivity contribution is 7.99. The molecule has 0 spiro atoms. The average molecular weight is 521 g/mol. The van der Waals surface area contributed by atoms with E-state index in [-0.39, 0.29) is 17.1 Å². The number of ketones is 1. The van der Waals surface area contributed by atoms with Crippen LogP contribution in [0.2, 0.25) is 5.02 Å². The number of thiophene rings is 1. The largest absolute Gasteiger partial charge is 0.293 e. The van der Waals surface area contributed by atoms with Crippen LogP contribution in [0.4, 0.5) is 0 Å². The van der Waals surface area contributed by atoms with Crippen molar-refractivity contribution in [2.45, 2.75) is 37.3 Å². The topological polar surface area (TPSA) is 69.3 Å². The molecule has 6 rings (SSSR count). The summed E-state index contributed by atoms with van der Waals surface area (Å²) in [5.41, 5.74) is 2.44. The van der Waals surface area contributed by atoms with Gasteiger partial charge in [0.2, 0.25) is 5.78 Å². The second kappa shape index (κ2) is 8.93. The van der Waals surface area contributed by atoms with Gasteiger partial charge >= 0.3 is 0 Å². The van der Waals surface area contributed by atoms with Gasteiger partial charge in [-0.25, -0.2) is 8.97 Å². The Hall–Kier alpha value is -2.94. The van der Waals surface area contributed by atoms with Crippen LogP contribution in [0, 0.1) is 0 Å². The zero-order chi connectivity index (χ0) is 24.1. The van der Waals surface area contributed by atoms with Crippen LogP contribution in [0.15, 0.2) is 64.5 Å². The monoisotopic (exact) mass is 520 g/mol. The fourth-order valence-electron chi connectivity index (χ4n) is 4.80. The number of rotatable bonds is 5. The summed E-state index contributed by atoms with van der Waals surface area (Å²) >= 11 is 8.95. The third kappa shape index (κ3) is 3.80. The number of halogens is 1. The number of fused-ring (bicyclic) bond motifs is 5. The Morgan fingerprint density at radius 2 is 1.91 bits per heavy atom. The molecule has 6 nitrogen and oxygen atoms in total. The molecule has 0 aliphatic heterocycles. The number of aromatic nitrogens is 4. The highest BCUT2D eigenvalue weighted by Crippen LogP contribution is 2.41. The normalized spacial score (nSPS) is 15.5. The zero-order valence-electron chi connectivity index (χ0n) is 18.9. The van der Waals surface area contributed by atoms with E-state index in [1.165, 1.54) is 16.6 Å². The van der Waals surface area contributed by atoms with Crippen molar-refractivity contribution in [3.8, 4) is 5.69 Å². The fourth-order valence-corrected chi connectivity index (χ4v) is 7.26. The van der Waals surface area contributed by atoms with Gasteiger partial charge in [0, 0.05) is 15.5 Å². The van der Waals surface area contributed by atoms with Gasteiger partial charge in [-0.15, -0.1) is 21.5 Å². The first-order valence-electron chi connectivity index (χ1n) is 11.5. The van der Waals surface area contributed by atoms with Crippen molar-refractivity contribution in [2.24, 2.45) is 0 Å². The molecule has 3 heterocycles. The summed E-state index contributed by atoms with van der Waals surface area (Å²) in [5, 5.41) is 10.8. The van der Waals surface area contributed by atoms with E-state index in [9.17, 15) is 9.59 Å². The van der Waals surface area contributed by atoms with E-state index in [4.69, 9.17) is 11.6 Å². The number of Topliss-reactive ketones (excluding diaryl/α,β-unsaturated/α-hetero) is 1. The quantitative estimate of drug-likeness (QED) is 0.205. The predicted octanol–water partition coefficient (Wildman–Crippen LogP) is 6.16. The van der Waals surface area contributed by atoms with Gasteiger partial charge in [0.15, 0.2) is 10.9 Å². The van der Waals surface area contributed by atoms with Gasteiger partial charge in [-0.1, -0.05) is 48.5 Å². The van der Waals surface area contributed by atoms with Crippen molar-refractivity contribution < 1.29 is 4.79 Å². The van der Waals surface area contributed by atoms with Gasteiger partial charge in [0.25, 0.3) is 5.56 Å². The molecular weight excluding hydrogens is 500 g/mol. The third-order valence-corrected chi connectivity index (χ3v) is 8.92. The number of para-hydroxylation sites is 1. The Morgan fingerprint density at radius 3 is 2.69 bits per heavy atom. The van der Waals surface area contributed by atoms with E-state index in [2.05, 4.69) is 17.1 Å². The number of nitrogens with zero attached hydrogens (tertiary/aromatic N) is 4. The van der Waals surface area contributed by atoms with Gasteiger partial charge in [-0.05, 0) is 67.1 Å². The predicted molar refractivity (Wildman–Crippen MR) is 142 cm³/mol. The maximum absolute atomic E-state index is 13.9. The molecule has 0 bridgehead atoms. The summed E-state index contributed by atoms with van der Waals surface area (Å²) in [4.78, 5) is 28.9. The Kier molecular flexibility index (Phi) is 5.75. The summed E-state index contributed by atoms with van der Waals surface area (Å²) in [6, 6.07) is 16.4. The molecule has 1 aliphatic rings. The van der Waals surface area contributed by atoms with Crippen LogP contribution in [-0.4, -0.2) is 30.7 Å². The van der Waals surface area contributed by atoms with Gasteiger partial charge in [0.1, 0.15) is 4.83 Å². The van der Waals surface area contributed by atoms with Gasteiger partial charge in [0.05, 0.1) is 16.8 Å². The standard InChI is InChI=1S/C26H21ClN4O2S2/c1-15-6-5-9-20-21(15)22-23(33)30(18-7-3-2-4-8-18)25-28-29-26(31(25)24(22)35-20)34-14-19(32)16-10-12-17(27)13-11-16/h2-4,7-8,10-13,15H,5-6,9,14H2,1H3/t15-/m1/s1. The molecule has 0 saturated carbocycles. The minimum atomic E-state index is -0.0638. The van der Waals surface area contributed by atoms with E-state index >= 15 is 0 Å². The molecule has 35 heavy (non-hydrogen) atoms. The highest BCUT2D eigenvalue weighted by Gasteiger charge is 2.28. The number of hydrogen-bond acceptors (Lipinski definition) is 6. The van der Waals surface area contributed by atoms with E-state index in [0.717, 1.165) is 40.7 Å². The van der Waals surface area contributed by atoms with Crippen molar-refractivity contribution in [2.75, 3.05) is 5.75 Å². The molecule has 176 valence electrons. The summed E-state index contributed by atoms with van der Waals surface area (Å²) in [6.07, 6.45) is 3.17. The summed E-state index contributed by atoms with van der Waals surface area (Å²) < 4.78 is 3.61. The van der Waals surface area contributed by atoms with Crippen molar-refractivity contribution in [3.63, 3.8) is 0 Å². The first-order chi connectivity index (χ1) is 17.0. The van der Waals surface area contributed by atoms with Crippen LogP contribution in [0.25, 0.3) is 21.7 Å². The van der Waals surface area contributed by atoms with Crippen LogP contribution in [0.1, 0.15) is 46.5 Å². The number of thioether (sulfide) groups is 1. The van der Waals surface area contributed by atoms with Crippen LogP contribution < -0.4 is 5.56 Å². The molecule has 3 aromatic heterocycles. The first-order valence-corrected chi connectivity index (χ1v) is 13.6. The summed E-state index contributed by atoms with van der Waals surface area (Å²) in [5.74, 6) is 0.966. The van der Waals surface area contributed by atoms with Crippen LogP contribution >= 0.6 is 34.7 Å². The first kappa shape index (κ1) is 22.5. The Bertz CT molecular complexity index is 1640. The van der Waals surface area contributed by atoms with Crippen molar-refractivity contribution in [1.82, 2.24) is 19.2 Å². The number of aryl methyl sites for hydroxylation is 1. The molecule has 0 amide bonds. The SMILES string of the molecule is C[C@@H]1CCCc2sc3c(c21)c(=O)n(-c1ccccc1)c1nnc(SCC(=O)c2ccc(Cl)cc2)n31. The maximum Gasteiger partial charge on any atom is 0.268 e. The lowest BCUT2D eigenvalue weighted by Gasteiger charge is -2.18. The molecule has 9 heteroatoms. The molecule has 1 atom stereocenters. The van der Waals surface area contributed by atoms with Crippen LogP contribution in [0.5, 0.6) is 0 Å².